The number of amides is 1. The quantitative estimate of drug-likeness (QED) is 0.400. The summed E-state index contributed by atoms with van der Waals surface area (Å²) >= 11 is 1.08. The summed E-state index contributed by atoms with van der Waals surface area (Å²) in [4.78, 5) is 38.2. The molecule has 0 aliphatic carbocycles. The zero-order valence-electron chi connectivity index (χ0n) is 16.4. The van der Waals surface area contributed by atoms with Crippen molar-refractivity contribution in [1.82, 2.24) is 4.98 Å². The first-order valence-electron chi connectivity index (χ1n) is 8.85. The Kier molecular flexibility index (Phi) is 6.40. The van der Waals surface area contributed by atoms with Crippen molar-refractivity contribution in [3.05, 3.63) is 67.6 Å². The van der Waals surface area contributed by atoms with Crippen LogP contribution in [0.1, 0.15) is 17.3 Å². The molecular formula is C19H16N4O7S. The summed E-state index contributed by atoms with van der Waals surface area (Å²) in [6.45, 7) is 2.00. The lowest BCUT2D eigenvalue weighted by Gasteiger charge is -2.11. The minimum Gasteiger partial charge on any atom is -0.493 e. The van der Waals surface area contributed by atoms with Gasteiger partial charge in [-0.05, 0) is 6.92 Å². The highest BCUT2D eigenvalue weighted by atomic mass is 32.1. The monoisotopic (exact) mass is 444 g/mol. The molecule has 3 rings (SSSR count). The van der Waals surface area contributed by atoms with Crippen LogP contribution in [0.2, 0.25) is 0 Å². The smallest absolute Gasteiger partial charge is 0.286 e. The van der Waals surface area contributed by atoms with Gasteiger partial charge in [-0.1, -0.05) is 12.1 Å². The molecule has 0 saturated carbocycles. The molecule has 12 heteroatoms. The van der Waals surface area contributed by atoms with Gasteiger partial charge in [-0.3, -0.25) is 30.3 Å². The van der Waals surface area contributed by atoms with Crippen LogP contribution in [0, 0.1) is 20.2 Å². The predicted molar refractivity (Wildman–Crippen MR) is 113 cm³/mol. The maximum Gasteiger partial charge on any atom is 0.286 e. The maximum absolute atomic E-state index is 12.8. The van der Waals surface area contributed by atoms with E-state index in [1.54, 1.807) is 18.4 Å². The Morgan fingerprint density at radius 1 is 1.16 bits per heavy atom. The Morgan fingerprint density at radius 3 is 2.58 bits per heavy atom. The molecule has 1 N–H and O–H groups in total. The largest absolute Gasteiger partial charge is 0.493 e. The van der Waals surface area contributed by atoms with Gasteiger partial charge >= 0.3 is 0 Å². The van der Waals surface area contributed by atoms with Crippen molar-refractivity contribution in [3.63, 3.8) is 0 Å². The number of anilines is 1. The summed E-state index contributed by atoms with van der Waals surface area (Å²) in [6, 6.07) is 8.26. The van der Waals surface area contributed by atoms with E-state index in [0.29, 0.717) is 11.3 Å². The summed E-state index contributed by atoms with van der Waals surface area (Å²) in [6.07, 6.45) is 0. The third-order valence-corrected chi connectivity index (χ3v) is 4.86. The second-order valence-electron chi connectivity index (χ2n) is 6.01. The molecule has 0 bridgehead atoms. The Balaban J connectivity index is 1.90. The molecule has 0 atom stereocenters. The van der Waals surface area contributed by atoms with Gasteiger partial charge in [0.05, 0.1) is 35.3 Å². The van der Waals surface area contributed by atoms with Crippen molar-refractivity contribution in [2.75, 3.05) is 19.0 Å². The normalized spacial score (nSPS) is 10.4. The molecule has 1 aromatic heterocycles. The number of carbonyl (C=O) groups is 1. The van der Waals surface area contributed by atoms with Crippen LogP contribution in [0.3, 0.4) is 0 Å². The molecule has 0 aliphatic heterocycles. The molecule has 0 radical (unpaired) electrons. The van der Waals surface area contributed by atoms with Crippen molar-refractivity contribution in [2.45, 2.75) is 6.92 Å². The highest BCUT2D eigenvalue weighted by Crippen LogP contribution is 2.35. The molecule has 0 spiro atoms. The second kappa shape index (κ2) is 9.17. The van der Waals surface area contributed by atoms with Gasteiger partial charge in [0.15, 0.2) is 16.6 Å². The van der Waals surface area contributed by atoms with E-state index in [9.17, 15) is 25.0 Å². The third-order valence-electron chi connectivity index (χ3n) is 4.10. The van der Waals surface area contributed by atoms with Gasteiger partial charge in [-0.15, -0.1) is 11.3 Å². The van der Waals surface area contributed by atoms with Crippen LogP contribution in [0.25, 0.3) is 11.3 Å². The van der Waals surface area contributed by atoms with Crippen LogP contribution >= 0.6 is 11.3 Å². The van der Waals surface area contributed by atoms with Crippen molar-refractivity contribution >= 4 is 33.8 Å². The van der Waals surface area contributed by atoms with Crippen LogP contribution in [-0.2, 0) is 0 Å². The molecule has 0 saturated heterocycles. The van der Waals surface area contributed by atoms with E-state index >= 15 is 0 Å². The number of thiazole rings is 1. The SMILES string of the molecule is CCOc1cc(C(=O)Nc2nc(-c3cccc([N+](=O)[O-])c3)cs2)c([N+](=O)[O-])cc1OC. The summed E-state index contributed by atoms with van der Waals surface area (Å²) in [7, 11) is 1.34. The standard InChI is InChI=1S/C19H16N4O7S/c1-3-30-17-8-13(15(23(27)28)9-16(17)29-2)18(24)21-19-20-14(10-31-19)11-5-4-6-12(7-11)22(25)26/h4-10H,3H2,1-2H3,(H,20,21,24). The molecule has 31 heavy (non-hydrogen) atoms. The highest BCUT2D eigenvalue weighted by molar-refractivity contribution is 7.14. The number of hydrogen-bond acceptors (Lipinski definition) is 9. The first kappa shape index (κ1) is 21.6. The Bertz CT molecular complexity index is 1160. The van der Waals surface area contributed by atoms with Crippen LogP contribution in [0.15, 0.2) is 41.8 Å². The van der Waals surface area contributed by atoms with E-state index in [1.165, 1.54) is 31.4 Å². The average Bonchev–Trinajstić information content (AvgIpc) is 3.22. The van der Waals surface area contributed by atoms with E-state index in [1.807, 2.05) is 0 Å². The van der Waals surface area contributed by atoms with Crippen LogP contribution in [0.5, 0.6) is 11.5 Å². The van der Waals surface area contributed by atoms with Gasteiger partial charge in [0.1, 0.15) is 5.56 Å². The number of ether oxygens (including phenoxy) is 2. The van der Waals surface area contributed by atoms with Gasteiger partial charge in [0, 0.05) is 29.1 Å². The van der Waals surface area contributed by atoms with Crippen molar-refractivity contribution in [3.8, 4) is 22.8 Å². The van der Waals surface area contributed by atoms with Crippen molar-refractivity contribution in [1.29, 1.82) is 0 Å². The molecule has 2 aromatic carbocycles. The summed E-state index contributed by atoms with van der Waals surface area (Å²) in [5.74, 6) is -0.431. The molecular weight excluding hydrogens is 428 g/mol. The number of nitrogens with zero attached hydrogens (tertiary/aromatic N) is 3. The van der Waals surface area contributed by atoms with Gasteiger partial charge < -0.3 is 9.47 Å². The van der Waals surface area contributed by atoms with E-state index in [4.69, 9.17) is 9.47 Å². The van der Waals surface area contributed by atoms with E-state index in [2.05, 4.69) is 10.3 Å². The molecule has 0 fully saturated rings. The topological polar surface area (TPSA) is 147 Å². The van der Waals surface area contributed by atoms with Crippen LogP contribution in [-0.4, -0.2) is 34.5 Å². The zero-order valence-corrected chi connectivity index (χ0v) is 17.2. The lowest BCUT2D eigenvalue weighted by atomic mass is 10.1. The predicted octanol–water partition coefficient (Wildman–Crippen LogP) is 4.29. The first-order chi connectivity index (χ1) is 14.8. The Hall–Kier alpha value is -4.06. The average molecular weight is 444 g/mol. The minimum absolute atomic E-state index is 0.0894. The fraction of sp³-hybridized carbons (Fsp3) is 0.158. The first-order valence-corrected chi connectivity index (χ1v) is 9.73. The molecule has 3 aromatic rings. The van der Waals surface area contributed by atoms with Crippen LogP contribution in [0.4, 0.5) is 16.5 Å². The number of nitrogens with one attached hydrogen (secondary N) is 1. The van der Waals surface area contributed by atoms with Gasteiger partial charge in [-0.25, -0.2) is 4.98 Å². The van der Waals surface area contributed by atoms with Crippen molar-refractivity contribution in [2.24, 2.45) is 0 Å². The lowest BCUT2D eigenvalue weighted by molar-refractivity contribution is -0.385. The summed E-state index contributed by atoms with van der Waals surface area (Å²) in [5.41, 5.74) is 0.159. The zero-order chi connectivity index (χ0) is 22.5. The Labute approximate surface area is 179 Å². The number of aromatic nitrogens is 1. The van der Waals surface area contributed by atoms with E-state index in [-0.39, 0.29) is 34.5 Å². The molecule has 160 valence electrons. The number of nitro benzene ring substituents is 2. The second-order valence-corrected chi connectivity index (χ2v) is 6.87. The number of benzene rings is 2. The number of non-ortho nitro benzene ring substituents is 1. The van der Waals surface area contributed by atoms with E-state index < -0.39 is 21.4 Å². The molecule has 11 nitrogen and oxygen atoms in total. The number of hydrogen-bond donors (Lipinski definition) is 1. The summed E-state index contributed by atoms with van der Waals surface area (Å²) < 4.78 is 10.5. The molecule has 0 unspecified atom stereocenters. The lowest BCUT2D eigenvalue weighted by Crippen LogP contribution is -2.14. The fourth-order valence-electron chi connectivity index (χ4n) is 2.72. The minimum atomic E-state index is -0.754. The number of methoxy groups -OCH3 is 1. The highest BCUT2D eigenvalue weighted by Gasteiger charge is 2.25. The van der Waals surface area contributed by atoms with Crippen molar-refractivity contribution < 1.29 is 24.1 Å². The molecule has 1 heterocycles. The number of rotatable bonds is 8. The molecule has 1 amide bonds. The van der Waals surface area contributed by atoms with Gasteiger partial charge in [0.25, 0.3) is 17.3 Å². The summed E-state index contributed by atoms with van der Waals surface area (Å²) in [5, 5.41) is 26.7. The molecule has 0 aliphatic rings. The van der Waals surface area contributed by atoms with Crippen LogP contribution < -0.4 is 14.8 Å². The number of carbonyl (C=O) groups excluding carboxylic acids is 1. The fourth-order valence-corrected chi connectivity index (χ4v) is 3.43. The van der Waals surface area contributed by atoms with Gasteiger partial charge in [-0.2, -0.15) is 0 Å². The number of nitro groups is 2. The Morgan fingerprint density at radius 2 is 1.94 bits per heavy atom. The van der Waals surface area contributed by atoms with Gasteiger partial charge in [0.2, 0.25) is 0 Å². The maximum atomic E-state index is 12.8. The third kappa shape index (κ3) is 4.75. The van der Waals surface area contributed by atoms with E-state index in [0.717, 1.165) is 17.4 Å².